The van der Waals surface area contributed by atoms with E-state index in [2.05, 4.69) is 5.32 Å². The predicted octanol–water partition coefficient (Wildman–Crippen LogP) is 1.41. The Morgan fingerprint density at radius 3 is 2.74 bits per heavy atom. The number of rotatable bonds is 4. The largest absolute Gasteiger partial charge is 0.322 e. The molecule has 0 fully saturated rings. The van der Waals surface area contributed by atoms with Gasteiger partial charge in [0.25, 0.3) is 11.2 Å². The zero-order chi connectivity index (χ0) is 17.0. The highest BCUT2D eigenvalue weighted by atomic mass is 19.1. The third-order valence-electron chi connectivity index (χ3n) is 2.86. The van der Waals surface area contributed by atoms with E-state index in [0.29, 0.717) is 0 Å². The van der Waals surface area contributed by atoms with E-state index in [1.54, 1.807) is 0 Å². The van der Waals surface area contributed by atoms with Gasteiger partial charge in [0.15, 0.2) is 0 Å². The van der Waals surface area contributed by atoms with Crippen LogP contribution >= 0.6 is 0 Å². The number of nitrogens with zero attached hydrogens (tertiary/aromatic N) is 3. The van der Waals surface area contributed by atoms with Crippen molar-refractivity contribution < 1.29 is 14.1 Å². The Morgan fingerprint density at radius 1 is 1.43 bits per heavy atom. The van der Waals surface area contributed by atoms with E-state index in [1.807, 2.05) is 0 Å². The maximum atomic E-state index is 13.4. The lowest BCUT2D eigenvalue weighted by molar-refractivity contribution is -0.385. The van der Waals surface area contributed by atoms with Gasteiger partial charge in [-0.05, 0) is 12.1 Å². The van der Waals surface area contributed by atoms with Crippen molar-refractivity contribution in [1.29, 1.82) is 5.26 Å². The van der Waals surface area contributed by atoms with Crippen LogP contribution in [0.15, 0.2) is 41.3 Å². The van der Waals surface area contributed by atoms with Gasteiger partial charge in [-0.15, -0.1) is 0 Å². The lowest BCUT2D eigenvalue weighted by atomic mass is 10.2. The van der Waals surface area contributed by atoms with Crippen molar-refractivity contribution in [3.8, 4) is 6.07 Å². The summed E-state index contributed by atoms with van der Waals surface area (Å²) in [6.45, 7) is -0.594. The summed E-state index contributed by atoms with van der Waals surface area (Å²) in [4.78, 5) is 33.8. The molecular weight excluding hydrogens is 307 g/mol. The molecule has 0 aliphatic heterocycles. The highest BCUT2D eigenvalue weighted by Gasteiger charge is 2.16. The smallest absolute Gasteiger partial charge is 0.287 e. The Kier molecular flexibility index (Phi) is 4.47. The lowest BCUT2D eigenvalue weighted by Gasteiger charge is -2.08. The van der Waals surface area contributed by atoms with Gasteiger partial charge in [0.05, 0.1) is 16.8 Å². The number of anilines is 1. The second-order valence-corrected chi connectivity index (χ2v) is 4.44. The van der Waals surface area contributed by atoms with Crippen LogP contribution in [0.2, 0.25) is 0 Å². The number of nitriles is 1. The molecule has 0 atom stereocenters. The Labute approximate surface area is 128 Å². The maximum Gasteiger partial charge on any atom is 0.287 e. The molecule has 0 unspecified atom stereocenters. The molecule has 9 heteroatoms. The molecule has 0 aliphatic carbocycles. The monoisotopic (exact) mass is 316 g/mol. The van der Waals surface area contributed by atoms with Crippen molar-refractivity contribution in [2.45, 2.75) is 6.54 Å². The van der Waals surface area contributed by atoms with Gasteiger partial charge < -0.3 is 5.32 Å². The van der Waals surface area contributed by atoms with Gasteiger partial charge in [-0.3, -0.25) is 24.3 Å². The minimum atomic E-state index is -0.846. The van der Waals surface area contributed by atoms with Crippen LogP contribution in [-0.4, -0.2) is 15.4 Å². The molecule has 2 rings (SSSR count). The highest BCUT2D eigenvalue weighted by Crippen LogP contribution is 2.13. The van der Waals surface area contributed by atoms with Crippen molar-refractivity contribution in [3.05, 3.63) is 68.4 Å². The van der Waals surface area contributed by atoms with E-state index < -0.39 is 40.0 Å². The van der Waals surface area contributed by atoms with Crippen molar-refractivity contribution in [2.75, 3.05) is 5.32 Å². The number of aromatic nitrogens is 1. The molecule has 0 saturated carbocycles. The van der Waals surface area contributed by atoms with Crippen LogP contribution in [0, 0.1) is 27.3 Å². The number of hydrogen-bond donors (Lipinski definition) is 1. The quantitative estimate of drug-likeness (QED) is 0.675. The van der Waals surface area contributed by atoms with Gasteiger partial charge in [0.2, 0.25) is 5.91 Å². The van der Waals surface area contributed by atoms with Crippen molar-refractivity contribution in [2.24, 2.45) is 0 Å². The number of halogens is 1. The Morgan fingerprint density at radius 2 is 2.13 bits per heavy atom. The van der Waals surface area contributed by atoms with E-state index in [-0.39, 0.29) is 5.69 Å². The Balaban J connectivity index is 2.29. The number of nitro groups is 1. The average molecular weight is 316 g/mol. The number of para-hydroxylation sites is 1. The van der Waals surface area contributed by atoms with Gasteiger partial charge >= 0.3 is 0 Å². The van der Waals surface area contributed by atoms with Gasteiger partial charge in [-0.2, -0.15) is 5.26 Å². The summed E-state index contributed by atoms with van der Waals surface area (Å²) in [5.74, 6) is -1.42. The maximum absolute atomic E-state index is 13.4. The molecule has 0 bridgehead atoms. The zero-order valence-corrected chi connectivity index (χ0v) is 11.5. The minimum absolute atomic E-state index is 0.0866. The summed E-state index contributed by atoms with van der Waals surface area (Å²) in [5, 5.41) is 21.8. The molecule has 0 spiro atoms. The van der Waals surface area contributed by atoms with Gasteiger partial charge in [0.1, 0.15) is 24.0 Å². The van der Waals surface area contributed by atoms with E-state index in [4.69, 9.17) is 5.26 Å². The van der Waals surface area contributed by atoms with Crippen LogP contribution in [-0.2, 0) is 11.3 Å². The molecule has 0 aliphatic rings. The summed E-state index contributed by atoms with van der Waals surface area (Å²) in [6, 6.07) is 7.77. The molecule has 116 valence electrons. The Bertz CT molecular complexity index is 885. The zero-order valence-electron chi connectivity index (χ0n) is 11.5. The number of benzene rings is 1. The summed E-state index contributed by atoms with van der Waals surface area (Å²) in [7, 11) is 0. The molecule has 2 aromatic rings. The molecule has 1 heterocycles. The molecule has 0 saturated heterocycles. The number of carbonyl (C=O) groups excluding carboxylic acids is 1. The molecule has 1 aromatic heterocycles. The van der Waals surface area contributed by atoms with Gasteiger partial charge in [-0.1, -0.05) is 12.1 Å². The molecule has 23 heavy (non-hydrogen) atoms. The molecule has 1 aromatic carbocycles. The van der Waals surface area contributed by atoms with Crippen molar-refractivity contribution in [3.63, 3.8) is 0 Å². The molecule has 1 amide bonds. The number of pyridine rings is 1. The van der Waals surface area contributed by atoms with E-state index >= 15 is 0 Å². The molecule has 1 N–H and O–H groups in total. The minimum Gasteiger partial charge on any atom is -0.322 e. The number of hydrogen-bond acceptors (Lipinski definition) is 5. The predicted molar refractivity (Wildman–Crippen MR) is 77.1 cm³/mol. The van der Waals surface area contributed by atoms with Crippen LogP contribution < -0.4 is 10.9 Å². The van der Waals surface area contributed by atoms with Crippen LogP contribution in [0.25, 0.3) is 0 Å². The second kappa shape index (κ2) is 6.48. The second-order valence-electron chi connectivity index (χ2n) is 4.44. The fourth-order valence-electron chi connectivity index (χ4n) is 1.82. The van der Waals surface area contributed by atoms with E-state index in [1.165, 1.54) is 24.3 Å². The third-order valence-corrected chi connectivity index (χ3v) is 2.86. The SMILES string of the molecule is N#Cc1cc([N+](=O)[O-])cn(CC(=O)Nc2ccccc2F)c1=O. The summed E-state index contributed by atoms with van der Waals surface area (Å²) in [6.07, 6.45) is 0.851. The summed E-state index contributed by atoms with van der Waals surface area (Å²) >= 11 is 0. The van der Waals surface area contributed by atoms with Crippen molar-refractivity contribution in [1.82, 2.24) is 4.57 Å². The fourth-order valence-corrected chi connectivity index (χ4v) is 1.82. The van der Waals surface area contributed by atoms with Crippen LogP contribution in [0.1, 0.15) is 5.56 Å². The number of nitrogens with one attached hydrogen (secondary N) is 1. The normalized spacial score (nSPS) is 9.91. The van der Waals surface area contributed by atoms with Crippen LogP contribution in [0.5, 0.6) is 0 Å². The molecule has 8 nitrogen and oxygen atoms in total. The topological polar surface area (TPSA) is 118 Å². The molecular formula is C14H9FN4O4. The first-order valence-corrected chi connectivity index (χ1v) is 6.25. The lowest BCUT2D eigenvalue weighted by Crippen LogP contribution is -2.29. The summed E-state index contributed by atoms with van der Waals surface area (Å²) < 4.78 is 14.2. The standard InChI is InChI=1S/C14H9FN4O4/c15-11-3-1-2-4-12(11)17-13(20)8-18-7-10(19(22)23)5-9(6-16)14(18)21/h1-5,7H,8H2,(H,17,20). The third kappa shape index (κ3) is 3.56. The fraction of sp³-hybridized carbons (Fsp3) is 0.0714. The summed E-state index contributed by atoms with van der Waals surface area (Å²) in [5.41, 5.74) is -1.89. The van der Waals surface area contributed by atoms with E-state index in [0.717, 1.165) is 22.9 Å². The van der Waals surface area contributed by atoms with E-state index in [9.17, 15) is 24.1 Å². The Hall–Kier alpha value is -3.54. The first-order chi connectivity index (χ1) is 10.9. The first-order valence-electron chi connectivity index (χ1n) is 6.25. The van der Waals surface area contributed by atoms with Crippen LogP contribution in [0.4, 0.5) is 15.8 Å². The van der Waals surface area contributed by atoms with Gasteiger partial charge in [0, 0.05) is 6.07 Å². The number of carbonyl (C=O) groups is 1. The number of amides is 1. The average Bonchev–Trinajstić information content (AvgIpc) is 2.51. The van der Waals surface area contributed by atoms with Crippen LogP contribution in [0.3, 0.4) is 0 Å². The van der Waals surface area contributed by atoms with Crippen molar-refractivity contribution >= 4 is 17.3 Å². The highest BCUT2D eigenvalue weighted by molar-refractivity contribution is 5.90. The molecule has 0 radical (unpaired) electrons. The first kappa shape index (κ1) is 15.8. The van der Waals surface area contributed by atoms with Gasteiger partial charge in [-0.25, -0.2) is 4.39 Å².